The van der Waals surface area contributed by atoms with Crippen LogP contribution in [-0.4, -0.2) is 38.4 Å². The third-order valence-corrected chi connectivity index (χ3v) is 6.07. The summed E-state index contributed by atoms with van der Waals surface area (Å²) in [5, 5.41) is 0. The van der Waals surface area contributed by atoms with Crippen LogP contribution >= 0.6 is 7.82 Å². The van der Waals surface area contributed by atoms with Crippen molar-refractivity contribution in [1.29, 1.82) is 0 Å². The molecule has 0 saturated carbocycles. The van der Waals surface area contributed by atoms with Crippen LogP contribution < -0.4 is 0 Å². The summed E-state index contributed by atoms with van der Waals surface area (Å²) in [6.07, 6.45) is 8.50. The van der Waals surface area contributed by atoms with E-state index in [9.17, 15) is 14.2 Å². The minimum absolute atomic E-state index is 0.126. The quantitative estimate of drug-likeness (QED) is 0.0895. The van der Waals surface area contributed by atoms with Gasteiger partial charge in [0.1, 0.15) is 0 Å². The number of phosphoric acid groups is 1. The highest BCUT2D eigenvalue weighted by Gasteiger charge is 2.26. The molecule has 8 nitrogen and oxygen atoms in total. The average Bonchev–Trinajstić information content (AvgIpc) is 2.86. The standard InChI is InChI=1S/C25H37O8P/c1-3-24(26)29-18-12-5-7-14-20-31-34(28,33-22-23-16-10-9-11-17-23)32-21-15-8-6-13-19-30-25(27)4-2/h3-4,9-11,16-17H,1-2,5-8,12-15,18-22H2. The predicted octanol–water partition coefficient (Wildman–Crippen LogP) is 5.92. The molecule has 0 aliphatic carbocycles. The summed E-state index contributed by atoms with van der Waals surface area (Å²) >= 11 is 0. The van der Waals surface area contributed by atoms with Gasteiger partial charge in [-0.15, -0.1) is 0 Å². The lowest BCUT2D eigenvalue weighted by molar-refractivity contribution is -0.138. The molecule has 190 valence electrons. The smallest absolute Gasteiger partial charge is 0.463 e. The average molecular weight is 497 g/mol. The molecule has 1 aromatic rings. The summed E-state index contributed by atoms with van der Waals surface area (Å²) in [4.78, 5) is 22.0. The van der Waals surface area contributed by atoms with Crippen LogP contribution in [0.2, 0.25) is 0 Å². The lowest BCUT2D eigenvalue weighted by Crippen LogP contribution is -2.04. The van der Waals surface area contributed by atoms with Crippen molar-refractivity contribution in [3.8, 4) is 0 Å². The van der Waals surface area contributed by atoms with Gasteiger partial charge < -0.3 is 9.47 Å². The SMILES string of the molecule is C=CC(=O)OCCCCCCOP(=O)(OCCCCCCOC(=O)C=C)OCc1ccccc1. The van der Waals surface area contributed by atoms with E-state index >= 15 is 0 Å². The number of ether oxygens (including phenoxy) is 2. The second-order valence-electron chi connectivity index (χ2n) is 7.44. The number of carbonyl (C=O) groups is 2. The molecule has 0 N–H and O–H groups in total. The van der Waals surface area contributed by atoms with Crippen LogP contribution in [0.3, 0.4) is 0 Å². The molecule has 0 heterocycles. The van der Waals surface area contributed by atoms with E-state index in [1.54, 1.807) is 0 Å². The van der Waals surface area contributed by atoms with Crippen molar-refractivity contribution in [2.75, 3.05) is 26.4 Å². The maximum Gasteiger partial charge on any atom is 0.475 e. The molecule has 0 saturated heterocycles. The number of rotatable bonds is 21. The van der Waals surface area contributed by atoms with Gasteiger partial charge in [0.25, 0.3) is 0 Å². The van der Waals surface area contributed by atoms with Gasteiger partial charge in [0.2, 0.25) is 0 Å². The Kier molecular flexibility index (Phi) is 16.7. The van der Waals surface area contributed by atoms with E-state index in [0.717, 1.165) is 56.2 Å². The first-order valence-corrected chi connectivity index (χ1v) is 13.1. The van der Waals surface area contributed by atoms with Crippen molar-refractivity contribution in [3.05, 3.63) is 61.2 Å². The molecule has 0 unspecified atom stereocenters. The topological polar surface area (TPSA) is 97.4 Å². The van der Waals surface area contributed by atoms with Crippen LogP contribution in [0.15, 0.2) is 55.6 Å². The maximum absolute atomic E-state index is 13.1. The number of phosphoric ester groups is 1. The van der Waals surface area contributed by atoms with E-state index in [1.165, 1.54) is 0 Å². The molecule has 0 bridgehead atoms. The van der Waals surface area contributed by atoms with Crippen molar-refractivity contribution in [2.24, 2.45) is 0 Å². The van der Waals surface area contributed by atoms with Gasteiger partial charge in [0.05, 0.1) is 33.0 Å². The van der Waals surface area contributed by atoms with E-state index in [2.05, 4.69) is 13.2 Å². The number of unbranched alkanes of at least 4 members (excludes halogenated alkanes) is 6. The Morgan fingerprint density at radius 1 is 0.676 bits per heavy atom. The Balaban J connectivity index is 2.31. The van der Waals surface area contributed by atoms with Crippen molar-refractivity contribution < 1.29 is 37.2 Å². The molecule has 0 amide bonds. The molecule has 1 rings (SSSR count). The van der Waals surface area contributed by atoms with Gasteiger partial charge in [-0.05, 0) is 44.1 Å². The fourth-order valence-electron chi connectivity index (χ4n) is 2.77. The summed E-state index contributed by atoms with van der Waals surface area (Å²) in [6.45, 7) is 8.01. The minimum atomic E-state index is -3.70. The number of hydrogen-bond acceptors (Lipinski definition) is 8. The monoisotopic (exact) mass is 496 g/mol. The van der Waals surface area contributed by atoms with Gasteiger partial charge in [0.15, 0.2) is 0 Å². The molecule has 0 aliphatic heterocycles. The molecular weight excluding hydrogens is 459 g/mol. The maximum atomic E-state index is 13.1. The summed E-state index contributed by atoms with van der Waals surface area (Å²) in [7, 11) is -3.70. The van der Waals surface area contributed by atoms with Crippen LogP contribution in [0, 0.1) is 0 Å². The van der Waals surface area contributed by atoms with Crippen LogP contribution in [-0.2, 0) is 43.8 Å². The van der Waals surface area contributed by atoms with Crippen molar-refractivity contribution >= 4 is 19.8 Å². The lowest BCUT2D eigenvalue weighted by atomic mass is 10.2. The Hall–Kier alpha value is -2.25. The van der Waals surface area contributed by atoms with Crippen LogP contribution in [0.1, 0.15) is 56.9 Å². The molecule has 0 atom stereocenters. The number of hydrogen-bond donors (Lipinski definition) is 0. The predicted molar refractivity (Wildman–Crippen MR) is 130 cm³/mol. The summed E-state index contributed by atoms with van der Waals surface area (Å²) in [6, 6.07) is 9.41. The number of carbonyl (C=O) groups excluding carboxylic acids is 2. The van der Waals surface area contributed by atoms with Gasteiger partial charge in [-0.2, -0.15) is 0 Å². The highest BCUT2D eigenvalue weighted by molar-refractivity contribution is 7.48. The van der Waals surface area contributed by atoms with Gasteiger partial charge in [-0.3, -0.25) is 13.6 Å². The number of benzene rings is 1. The highest BCUT2D eigenvalue weighted by atomic mass is 31.2. The van der Waals surface area contributed by atoms with Crippen molar-refractivity contribution in [3.63, 3.8) is 0 Å². The van der Waals surface area contributed by atoms with E-state index in [1.807, 2.05) is 30.3 Å². The molecule has 0 aliphatic rings. The zero-order valence-corrected chi connectivity index (χ0v) is 20.8. The Labute approximate surface area is 202 Å². The van der Waals surface area contributed by atoms with Crippen LogP contribution in [0.25, 0.3) is 0 Å². The van der Waals surface area contributed by atoms with E-state index < -0.39 is 19.8 Å². The zero-order chi connectivity index (χ0) is 24.9. The molecule has 0 aromatic heterocycles. The first-order chi connectivity index (χ1) is 16.5. The summed E-state index contributed by atoms with van der Waals surface area (Å²) < 4.78 is 39.6. The first-order valence-electron chi connectivity index (χ1n) is 11.6. The minimum Gasteiger partial charge on any atom is -0.463 e. The second-order valence-corrected chi connectivity index (χ2v) is 9.11. The molecule has 0 fully saturated rings. The van der Waals surface area contributed by atoms with Gasteiger partial charge in [-0.1, -0.05) is 56.3 Å². The zero-order valence-electron chi connectivity index (χ0n) is 19.9. The summed E-state index contributed by atoms with van der Waals surface area (Å²) in [5.74, 6) is -0.846. The second kappa shape index (κ2) is 19.1. The normalized spacial score (nSPS) is 11.1. The largest absolute Gasteiger partial charge is 0.475 e. The molecule has 0 radical (unpaired) electrons. The van der Waals surface area contributed by atoms with Gasteiger partial charge in [0, 0.05) is 12.2 Å². The van der Waals surface area contributed by atoms with Crippen LogP contribution in [0.4, 0.5) is 0 Å². The number of esters is 2. The lowest BCUT2D eigenvalue weighted by Gasteiger charge is -2.18. The third-order valence-electron chi connectivity index (χ3n) is 4.63. The third kappa shape index (κ3) is 15.6. The summed E-state index contributed by atoms with van der Waals surface area (Å²) in [5.41, 5.74) is 0.873. The molecule has 0 spiro atoms. The van der Waals surface area contributed by atoms with Gasteiger partial charge in [-0.25, -0.2) is 14.2 Å². The molecule has 1 aromatic carbocycles. The fraction of sp³-hybridized carbons (Fsp3) is 0.520. The van der Waals surface area contributed by atoms with Crippen LogP contribution in [0.5, 0.6) is 0 Å². The Bertz CT molecular complexity index is 725. The fourth-order valence-corrected chi connectivity index (χ4v) is 4.01. The van der Waals surface area contributed by atoms with E-state index in [-0.39, 0.29) is 19.8 Å². The highest BCUT2D eigenvalue weighted by Crippen LogP contribution is 2.50. The van der Waals surface area contributed by atoms with E-state index in [0.29, 0.717) is 26.1 Å². The van der Waals surface area contributed by atoms with Gasteiger partial charge >= 0.3 is 19.8 Å². The first kappa shape index (κ1) is 29.8. The van der Waals surface area contributed by atoms with Crippen molar-refractivity contribution in [1.82, 2.24) is 0 Å². The molecule has 9 heteroatoms. The Morgan fingerprint density at radius 3 is 1.56 bits per heavy atom. The molecular formula is C25H37O8P. The molecule has 34 heavy (non-hydrogen) atoms. The van der Waals surface area contributed by atoms with Crippen molar-refractivity contribution in [2.45, 2.75) is 58.0 Å². The Morgan fingerprint density at radius 2 is 1.12 bits per heavy atom. The van der Waals surface area contributed by atoms with E-state index in [4.69, 9.17) is 23.0 Å².